The number of nitrogens with zero attached hydrogens (tertiary/aromatic N) is 2. The minimum atomic E-state index is -2.60. The highest BCUT2D eigenvalue weighted by Gasteiger charge is 2.41. The SMILES string of the molecule is c1ccc([Si](c2ccccc2)(c2ccccc2)c2cccc(-c3ccc4nc5n(c4c3)-c3ccccc3CS5)c2)cc1. The van der Waals surface area contributed by atoms with E-state index in [9.17, 15) is 0 Å². The van der Waals surface area contributed by atoms with Crippen molar-refractivity contribution in [3.8, 4) is 16.8 Å². The molecule has 6 aromatic carbocycles. The van der Waals surface area contributed by atoms with Crippen molar-refractivity contribution in [1.29, 1.82) is 0 Å². The fourth-order valence-electron chi connectivity index (χ4n) is 6.55. The number of imidazole rings is 1. The lowest BCUT2D eigenvalue weighted by Gasteiger charge is -2.34. The fourth-order valence-corrected chi connectivity index (χ4v) is 12.4. The molecule has 0 saturated carbocycles. The first-order chi connectivity index (χ1) is 20.8. The van der Waals surface area contributed by atoms with E-state index >= 15 is 0 Å². The molecule has 0 N–H and O–H groups in total. The van der Waals surface area contributed by atoms with Gasteiger partial charge in [-0.3, -0.25) is 4.57 Å². The van der Waals surface area contributed by atoms with Crippen LogP contribution in [0.5, 0.6) is 0 Å². The van der Waals surface area contributed by atoms with Crippen LogP contribution < -0.4 is 20.7 Å². The second kappa shape index (κ2) is 10.3. The van der Waals surface area contributed by atoms with Gasteiger partial charge in [0.05, 0.1) is 16.7 Å². The van der Waals surface area contributed by atoms with E-state index in [4.69, 9.17) is 4.98 Å². The van der Waals surface area contributed by atoms with Gasteiger partial charge in [-0.1, -0.05) is 151 Å². The number of aromatic nitrogens is 2. The molecule has 7 aromatic rings. The molecule has 0 unspecified atom stereocenters. The van der Waals surface area contributed by atoms with Crippen molar-refractivity contribution in [3.05, 3.63) is 163 Å². The van der Waals surface area contributed by atoms with E-state index in [1.807, 2.05) is 11.8 Å². The molecule has 2 nitrogen and oxygen atoms in total. The fraction of sp³-hybridized carbons (Fsp3) is 0.0263. The van der Waals surface area contributed by atoms with Crippen LogP contribution in [0.2, 0.25) is 0 Å². The Hall–Kier alpha value is -4.64. The van der Waals surface area contributed by atoms with E-state index in [0.717, 1.165) is 21.9 Å². The molecule has 1 aliphatic rings. The first-order valence-electron chi connectivity index (χ1n) is 14.3. The van der Waals surface area contributed by atoms with Gasteiger partial charge in [0, 0.05) is 5.75 Å². The van der Waals surface area contributed by atoms with E-state index in [1.54, 1.807) is 0 Å². The van der Waals surface area contributed by atoms with Crippen LogP contribution in [0.3, 0.4) is 0 Å². The van der Waals surface area contributed by atoms with Crippen molar-refractivity contribution in [2.45, 2.75) is 10.9 Å². The Morgan fingerprint density at radius 1 is 0.524 bits per heavy atom. The summed E-state index contributed by atoms with van der Waals surface area (Å²) < 4.78 is 2.34. The highest BCUT2D eigenvalue weighted by molar-refractivity contribution is 7.98. The summed E-state index contributed by atoms with van der Waals surface area (Å²) in [5.74, 6) is 0.958. The Balaban J connectivity index is 1.35. The Morgan fingerprint density at radius 2 is 1.10 bits per heavy atom. The summed E-state index contributed by atoms with van der Waals surface area (Å²) >= 11 is 1.81. The highest BCUT2D eigenvalue weighted by atomic mass is 32.2. The third-order valence-electron chi connectivity index (χ3n) is 8.46. The molecule has 4 heteroatoms. The molecule has 2 heterocycles. The normalized spacial score (nSPS) is 12.6. The van der Waals surface area contributed by atoms with E-state index in [-0.39, 0.29) is 0 Å². The quantitative estimate of drug-likeness (QED) is 0.169. The third kappa shape index (κ3) is 3.98. The zero-order valence-electron chi connectivity index (χ0n) is 23.0. The smallest absolute Gasteiger partial charge is 0.179 e. The van der Waals surface area contributed by atoms with Crippen LogP contribution in [0.1, 0.15) is 5.56 Å². The van der Waals surface area contributed by atoms with Crippen LogP contribution >= 0.6 is 11.8 Å². The van der Waals surface area contributed by atoms with Crippen LogP contribution in [0.4, 0.5) is 0 Å². The summed E-state index contributed by atoms with van der Waals surface area (Å²) in [6, 6.07) is 58.0. The summed E-state index contributed by atoms with van der Waals surface area (Å²) in [6.07, 6.45) is 0. The Bertz CT molecular complexity index is 1940. The van der Waals surface area contributed by atoms with Gasteiger partial charge in [-0.2, -0.15) is 0 Å². The topological polar surface area (TPSA) is 17.8 Å². The average molecular weight is 573 g/mol. The van der Waals surface area contributed by atoms with Gasteiger partial charge in [0.15, 0.2) is 13.2 Å². The third-order valence-corrected chi connectivity index (χ3v) is 14.2. The van der Waals surface area contributed by atoms with Gasteiger partial charge in [0.2, 0.25) is 0 Å². The molecule has 0 atom stereocenters. The molecule has 1 aromatic heterocycles. The number of benzene rings is 6. The maximum Gasteiger partial charge on any atom is 0.179 e. The molecule has 0 bridgehead atoms. The minimum absolute atomic E-state index is 0.958. The van der Waals surface area contributed by atoms with Crippen molar-refractivity contribution in [2.75, 3.05) is 0 Å². The monoisotopic (exact) mass is 572 g/mol. The van der Waals surface area contributed by atoms with Gasteiger partial charge in [-0.15, -0.1) is 0 Å². The predicted octanol–water partition coefficient (Wildman–Crippen LogP) is 6.68. The number of hydrogen-bond donors (Lipinski definition) is 0. The Kier molecular flexibility index (Phi) is 6.17. The summed E-state index contributed by atoms with van der Waals surface area (Å²) in [6.45, 7) is 0. The minimum Gasteiger partial charge on any atom is -0.287 e. The van der Waals surface area contributed by atoms with Crippen LogP contribution in [0, 0.1) is 0 Å². The average Bonchev–Trinajstić information content (AvgIpc) is 3.45. The molecule has 1 aliphatic heterocycles. The van der Waals surface area contributed by atoms with E-state index < -0.39 is 8.07 Å². The standard InChI is InChI=1S/C38H28N2SSi/c1-4-15-31(16-5-1)42(32-17-6-2-7-18-32,33-19-8-3-9-20-33)34-21-12-14-28(25-34)29-23-24-35-37(26-29)40-36-22-11-10-13-30(36)27-41-38(40)39-35/h1-26H,27H2. The van der Waals surface area contributed by atoms with Crippen LogP contribution in [0.25, 0.3) is 27.8 Å². The highest BCUT2D eigenvalue weighted by Crippen LogP contribution is 2.38. The molecule has 0 aliphatic carbocycles. The molecule has 0 fully saturated rings. The number of rotatable bonds is 5. The maximum atomic E-state index is 5.00. The predicted molar refractivity (Wildman–Crippen MR) is 180 cm³/mol. The molecule has 0 spiro atoms. The maximum absolute atomic E-state index is 5.00. The number of hydrogen-bond acceptors (Lipinski definition) is 2. The molecule has 42 heavy (non-hydrogen) atoms. The van der Waals surface area contributed by atoms with Crippen LogP contribution in [-0.4, -0.2) is 17.6 Å². The lowest BCUT2D eigenvalue weighted by molar-refractivity contribution is 0.894. The molecule has 0 radical (unpaired) electrons. The molecule has 0 saturated heterocycles. The summed E-state index contributed by atoms with van der Waals surface area (Å²) in [4.78, 5) is 5.00. The Labute approximate surface area is 251 Å². The summed E-state index contributed by atoms with van der Waals surface area (Å²) in [7, 11) is -2.60. The number of thioether (sulfide) groups is 1. The van der Waals surface area contributed by atoms with E-state index in [1.165, 1.54) is 43.1 Å². The van der Waals surface area contributed by atoms with Gasteiger partial charge in [-0.25, -0.2) is 4.98 Å². The summed E-state index contributed by atoms with van der Waals surface area (Å²) in [5.41, 5.74) is 7.22. The van der Waals surface area contributed by atoms with Gasteiger partial charge in [0.25, 0.3) is 0 Å². The zero-order valence-corrected chi connectivity index (χ0v) is 24.8. The van der Waals surface area contributed by atoms with Crippen LogP contribution in [-0.2, 0) is 5.75 Å². The largest absolute Gasteiger partial charge is 0.287 e. The van der Waals surface area contributed by atoms with Crippen molar-refractivity contribution in [2.24, 2.45) is 0 Å². The molecular weight excluding hydrogens is 545 g/mol. The first-order valence-corrected chi connectivity index (χ1v) is 17.3. The van der Waals surface area contributed by atoms with Crippen molar-refractivity contribution >= 4 is 51.6 Å². The van der Waals surface area contributed by atoms with Gasteiger partial charge < -0.3 is 0 Å². The molecule has 8 rings (SSSR count). The first kappa shape index (κ1) is 25.1. The number of para-hydroxylation sites is 1. The van der Waals surface area contributed by atoms with E-state index in [2.05, 4.69) is 162 Å². The van der Waals surface area contributed by atoms with E-state index in [0.29, 0.717) is 0 Å². The zero-order chi connectivity index (χ0) is 27.9. The summed E-state index contributed by atoms with van der Waals surface area (Å²) in [5, 5.41) is 6.59. The molecular formula is C38H28N2SSi. The molecule has 200 valence electrons. The molecule has 0 amide bonds. The van der Waals surface area contributed by atoms with Gasteiger partial charge >= 0.3 is 0 Å². The second-order valence-electron chi connectivity index (χ2n) is 10.8. The van der Waals surface area contributed by atoms with Crippen molar-refractivity contribution in [1.82, 2.24) is 9.55 Å². The van der Waals surface area contributed by atoms with Crippen molar-refractivity contribution < 1.29 is 0 Å². The number of fused-ring (bicyclic) bond motifs is 5. The lowest BCUT2D eigenvalue weighted by Crippen LogP contribution is -2.74. The Morgan fingerprint density at radius 3 is 1.76 bits per heavy atom. The second-order valence-corrected chi connectivity index (χ2v) is 15.5. The van der Waals surface area contributed by atoms with Crippen LogP contribution in [0.15, 0.2) is 163 Å². The van der Waals surface area contributed by atoms with Gasteiger partial charge in [-0.05, 0) is 55.6 Å². The van der Waals surface area contributed by atoms with Gasteiger partial charge in [0.1, 0.15) is 0 Å². The van der Waals surface area contributed by atoms with Crippen molar-refractivity contribution in [3.63, 3.8) is 0 Å². The lowest BCUT2D eigenvalue weighted by atomic mass is 10.0.